The summed E-state index contributed by atoms with van der Waals surface area (Å²) in [5.41, 5.74) is 0.697. The monoisotopic (exact) mass is 260 g/mol. The molecular formula is C12H24O4Si. The van der Waals surface area contributed by atoms with Gasteiger partial charge in [-0.1, -0.05) is 18.5 Å². The smallest absolute Gasteiger partial charge is 0.337 e. The van der Waals surface area contributed by atoms with Crippen LogP contribution in [0.2, 0.25) is 0 Å². The molecule has 0 fully saturated rings. The van der Waals surface area contributed by atoms with Crippen LogP contribution in [0.4, 0.5) is 0 Å². The van der Waals surface area contributed by atoms with Crippen molar-refractivity contribution in [1.82, 2.24) is 0 Å². The van der Waals surface area contributed by atoms with Crippen LogP contribution in [0.3, 0.4) is 0 Å². The second-order valence-electron chi connectivity index (χ2n) is 3.76. The second-order valence-corrected chi connectivity index (χ2v) is 4.97. The number of esters is 1. The van der Waals surface area contributed by atoms with Gasteiger partial charge in [-0.2, -0.15) is 0 Å². The van der Waals surface area contributed by atoms with Crippen molar-refractivity contribution in [2.24, 2.45) is 0 Å². The fourth-order valence-electron chi connectivity index (χ4n) is 1.30. The maximum Gasteiger partial charge on any atom is 0.337 e. The van der Waals surface area contributed by atoms with Crippen LogP contribution in [-0.4, -0.2) is 35.9 Å². The Kier molecular flexibility index (Phi) is 9.02. The number of carbonyl (C=O) groups is 1. The van der Waals surface area contributed by atoms with Crippen LogP contribution in [-0.2, 0) is 19.0 Å². The van der Waals surface area contributed by atoms with Crippen molar-refractivity contribution in [2.45, 2.75) is 47.0 Å². The average molecular weight is 260 g/mol. The molecular weight excluding hydrogens is 236 g/mol. The number of allylic oxidation sites excluding steroid dienone is 1. The summed E-state index contributed by atoms with van der Waals surface area (Å²) in [5, 5.41) is 1.18. The maximum absolute atomic E-state index is 11.8. The van der Waals surface area contributed by atoms with Crippen LogP contribution >= 0.6 is 0 Å². The Balaban J connectivity index is 4.43. The predicted molar refractivity (Wildman–Crippen MR) is 70.7 cm³/mol. The zero-order valence-electron chi connectivity index (χ0n) is 11.5. The van der Waals surface area contributed by atoms with E-state index in [0.717, 1.165) is 23.1 Å². The van der Waals surface area contributed by atoms with Crippen LogP contribution in [0.25, 0.3) is 0 Å². The largest absolute Gasteiger partial charge is 0.407 e. The number of carbonyl (C=O) groups excluding carboxylic acids is 1. The quantitative estimate of drug-likeness (QED) is 0.286. The second kappa shape index (κ2) is 9.38. The van der Waals surface area contributed by atoms with Gasteiger partial charge < -0.3 is 14.2 Å². The molecule has 0 aliphatic heterocycles. The molecule has 4 nitrogen and oxygen atoms in total. The van der Waals surface area contributed by atoms with Gasteiger partial charge in [-0.15, -0.1) is 0 Å². The molecule has 0 spiro atoms. The Morgan fingerprint density at radius 3 is 2.12 bits per heavy atom. The molecule has 0 bridgehead atoms. The van der Waals surface area contributed by atoms with Crippen LogP contribution < -0.4 is 0 Å². The minimum absolute atomic E-state index is 0.338. The van der Waals surface area contributed by atoms with Gasteiger partial charge in [0, 0.05) is 15.8 Å². The van der Waals surface area contributed by atoms with E-state index in [2.05, 4.69) is 6.92 Å². The molecule has 0 radical (unpaired) electrons. The summed E-state index contributed by atoms with van der Waals surface area (Å²) in [6, 6.07) is 0. The lowest BCUT2D eigenvalue weighted by atomic mass is 10.2. The summed E-state index contributed by atoms with van der Waals surface area (Å²) in [6.07, 6.45) is 2.00. The summed E-state index contributed by atoms with van der Waals surface area (Å²) >= 11 is 0. The Hall–Kier alpha value is -0.653. The minimum atomic E-state index is -0.886. The first-order valence-corrected chi connectivity index (χ1v) is 7.17. The van der Waals surface area contributed by atoms with Gasteiger partial charge in [0.2, 0.25) is 0 Å². The maximum atomic E-state index is 11.8. The highest BCUT2D eigenvalue weighted by molar-refractivity contribution is 6.24. The SMILES string of the molecule is CCCC([SiH3])=C(C)C(=O)OC(OCC)OCC. The van der Waals surface area contributed by atoms with Crippen LogP contribution in [0.1, 0.15) is 40.5 Å². The highest BCUT2D eigenvalue weighted by Crippen LogP contribution is 2.11. The van der Waals surface area contributed by atoms with Crippen molar-refractivity contribution in [2.75, 3.05) is 13.2 Å². The molecule has 0 saturated carbocycles. The van der Waals surface area contributed by atoms with E-state index in [4.69, 9.17) is 14.2 Å². The first-order valence-electron chi connectivity index (χ1n) is 6.17. The lowest BCUT2D eigenvalue weighted by Crippen LogP contribution is -2.25. The molecule has 0 rings (SSSR count). The molecule has 5 heteroatoms. The number of hydrogen-bond donors (Lipinski definition) is 0. The van der Waals surface area contributed by atoms with Crippen molar-refractivity contribution in [1.29, 1.82) is 0 Å². The standard InChI is InChI=1S/C12H24O4Si/c1-5-8-10(17)9(4)11(13)16-12(14-6-2)15-7-3/h12H,5-8H2,1-4,17H3. The third kappa shape index (κ3) is 6.60. The van der Waals surface area contributed by atoms with E-state index in [0.29, 0.717) is 18.8 Å². The molecule has 0 aromatic carbocycles. The van der Waals surface area contributed by atoms with Gasteiger partial charge in [-0.05, 0) is 27.2 Å². The lowest BCUT2D eigenvalue weighted by Gasteiger charge is -2.17. The van der Waals surface area contributed by atoms with Gasteiger partial charge >= 0.3 is 12.4 Å². The molecule has 0 atom stereocenters. The molecule has 0 saturated heterocycles. The number of hydrogen-bond acceptors (Lipinski definition) is 4. The van der Waals surface area contributed by atoms with Crippen molar-refractivity contribution in [3.63, 3.8) is 0 Å². The van der Waals surface area contributed by atoms with E-state index < -0.39 is 6.48 Å². The fourth-order valence-corrected chi connectivity index (χ4v) is 2.00. The molecule has 0 aliphatic rings. The van der Waals surface area contributed by atoms with E-state index >= 15 is 0 Å². The normalized spacial score (nSPS) is 12.8. The van der Waals surface area contributed by atoms with Gasteiger partial charge in [0.25, 0.3) is 0 Å². The van der Waals surface area contributed by atoms with E-state index in [1.165, 1.54) is 5.20 Å². The summed E-state index contributed by atoms with van der Waals surface area (Å²) in [5.74, 6) is -0.338. The molecule has 100 valence electrons. The molecule has 17 heavy (non-hydrogen) atoms. The molecule has 0 aliphatic carbocycles. The van der Waals surface area contributed by atoms with Gasteiger partial charge in [0.05, 0.1) is 13.2 Å². The predicted octanol–water partition coefficient (Wildman–Crippen LogP) is 1.33. The van der Waals surface area contributed by atoms with E-state index in [1.54, 1.807) is 6.92 Å². The molecule has 0 N–H and O–H groups in total. The van der Waals surface area contributed by atoms with Crippen LogP contribution in [0, 0.1) is 0 Å². The Morgan fingerprint density at radius 2 is 1.71 bits per heavy atom. The molecule has 0 amide bonds. The van der Waals surface area contributed by atoms with E-state index in [-0.39, 0.29) is 5.97 Å². The van der Waals surface area contributed by atoms with Gasteiger partial charge in [0.1, 0.15) is 0 Å². The highest BCUT2D eigenvalue weighted by atomic mass is 28.1. The fraction of sp³-hybridized carbons (Fsp3) is 0.750. The molecule has 0 aromatic heterocycles. The van der Waals surface area contributed by atoms with Crippen LogP contribution in [0.5, 0.6) is 0 Å². The van der Waals surface area contributed by atoms with Crippen molar-refractivity contribution < 1.29 is 19.0 Å². The summed E-state index contributed by atoms with van der Waals surface area (Å²) in [7, 11) is 0.883. The number of ether oxygens (including phenoxy) is 3. The van der Waals surface area contributed by atoms with Crippen molar-refractivity contribution in [3.05, 3.63) is 10.8 Å². The first-order chi connectivity index (χ1) is 8.06. The lowest BCUT2D eigenvalue weighted by molar-refractivity contribution is -0.270. The first kappa shape index (κ1) is 16.3. The summed E-state index contributed by atoms with van der Waals surface area (Å²) in [4.78, 5) is 11.8. The minimum Gasteiger partial charge on any atom is -0.407 e. The summed E-state index contributed by atoms with van der Waals surface area (Å²) < 4.78 is 15.5. The van der Waals surface area contributed by atoms with Gasteiger partial charge in [-0.25, -0.2) is 4.79 Å². The van der Waals surface area contributed by atoms with Crippen molar-refractivity contribution in [3.8, 4) is 0 Å². The van der Waals surface area contributed by atoms with E-state index in [1.807, 2.05) is 13.8 Å². The Labute approximate surface area is 107 Å². The molecule has 0 aromatic rings. The van der Waals surface area contributed by atoms with Crippen molar-refractivity contribution >= 4 is 16.2 Å². The zero-order valence-corrected chi connectivity index (χ0v) is 13.5. The topological polar surface area (TPSA) is 44.8 Å². The highest BCUT2D eigenvalue weighted by Gasteiger charge is 2.16. The summed E-state index contributed by atoms with van der Waals surface area (Å²) in [6.45, 7) is 7.57. The molecule has 0 heterocycles. The zero-order chi connectivity index (χ0) is 13.3. The average Bonchev–Trinajstić information content (AvgIpc) is 2.29. The number of rotatable bonds is 8. The Morgan fingerprint density at radius 1 is 1.18 bits per heavy atom. The van der Waals surface area contributed by atoms with E-state index in [9.17, 15) is 4.79 Å². The third-order valence-electron chi connectivity index (χ3n) is 2.38. The Bertz CT molecular complexity index is 257. The van der Waals surface area contributed by atoms with Gasteiger partial charge in [0.15, 0.2) is 0 Å². The molecule has 0 unspecified atom stereocenters. The third-order valence-corrected chi connectivity index (χ3v) is 3.63. The van der Waals surface area contributed by atoms with Gasteiger partial charge in [-0.3, -0.25) is 0 Å². The van der Waals surface area contributed by atoms with Crippen LogP contribution in [0.15, 0.2) is 10.8 Å².